The number of nitrogens with one attached hydrogen (secondary N) is 1. The van der Waals surface area contributed by atoms with Crippen LogP contribution in [0.2, 0.25) is 0 Å². The van der Waals surface area contributed by atoms with E-state index in [0.29, 0.717) is 0 Å². The monoisotopic (exact) mass is 249 g/mol. The van der Waals surface area contributed by atoms with E-state index in [-0.39, 0.29) is 17.9 Å². The van der Waals surface area contributed by atoms with Gasteiger partial charge in [0.1, 0.15) is 6.61 Å². The van der Waals surface area contributed by atoms with E-state index in [1.54, 1.807) is 6.07 Å². The third kappa shape index (κ3) is 3.90. The van der Waals surface area contributed by atoms with E-state index in [0.717, 1.165) is 0 Å². The first-order valence-electron chi connectivity index (χ1n) is 5.01. The van der Waals surface area contributed by atoms with Gasteiger partial charge in [0.25, 0.3) is 5.92 Å². The molecule has 0 aliphatic heterocycles. The summed E-state index contributed by atoms with van der Waals surface area (Å²) in [4.78, 5) is 0. The van der Waals surface area contributed by atoms with Crippen LogP contribution >= 0.6 is 0 Å². The van der Waals surface area contributed by atoms with Gasteiger partial charge in [-0.1, -0.05) is 12.1 Å². The van der Waals surface area contributed by atoms with Crippen LogP contribution in [0.1, 0.15) is 5.56 Å². The molecule has 0 heterocycles. The van der Waals surface area contributed by atoms with Crippen LogP contribution in [0.4, 0.5) is 13.2 Å². The first-order valence-corrected chi connectivity index (χ1v) is 5.01. The Morgan fingerprint density at radius 1 is 1.41 bits per heavy atom. The lowest BCUT2D eigenvalue weighted by Gasteiger charge is -2.14. The Labute approximate surface area is 97.2 Å². The predicted octanol–water partition coefficient (Wildman–Crippen LogP) is 1.55. The predicted molar refractivity (Wildman–Crippen MR) is 56.7 cm³/mol. The highest BCUT2D eigenvalue weighted by molar-refractivity contribution is 5.30. The molecule has 96 valence electrons. The molecule has 0 saturated heterocycles. The Morgan fingerprint density at radius 2 is 2.12 bits per heavy atom. The van der Waals surface area contributed by atoms with Crippen molar-refractivity contribution in [1.82, 2.24) is 5.32 Å². The third-order valence-corrected chi connectivity index (χ3v) is 2.19. The quantitative estimate of drug-likeness (QED) is 0.803. The van der Waals surface area contributed by atoms with Gasteiger partial charge in [-0.25, -0.2) is 13.2 Å². The highest BCUT2D eigenvalue weighted by atomic mass is 19.3. The molecule has 0 radical (unpaired) electrons. The first kappa shape index (κ1) is 13.8. The molecular formula is C11H14F3NO2. The van der Waals surface area contributed by atoms with Crippen molar-refractivity contribution in [3.05, 3.63) is 29.6 Å². The summed E-state index contributed by atoms with van der Waals surface area (Å²) in [6.45, 7) is -2.00. The molecule has 6 heteroatoms. The van der Waals surface area contributed by atoms with E-state index in [2.05, 4.69) is 5.32 Å². The second-order valence-electron chi connectivity index (χ2n) is 3.55. The Morgan fingerprint density at radius 3 is 2.71 bits per heavy atom. The fraction of sp³-hybridized carbons (Fsp3) is 0.455. The van der Waals surface area contributed by atoms with Crippen LogP contribution in [0.3, 0.4) is 0 Å². The number of benzene rings is 1. The highest BCUT2D eigenvalue weighted by Crippen LogP contribution is 2.20. The molecule has 1 aromatic rings. The van der Waals surface area contributed by atoms with Crippen molar-refractivity contribution in [2.24, 2.45) is 0 Å². The number of rotatable bonds is 6. The van der Waals surface area contributed by atoms with Gasteiger partial charge in [-0.05, 0) is 6.07 Å². The molecule has 0 atom stereocenters. The largest absolute Gasteiger partial charge is 0.494 e. The molecule has 0 unspecified atom stereocenters. The maximum atomic E-state index is 13.6. The maximum Gasteiger partial charge on any atom is 0.282 e. The van der Waals surface area contributed by atoms with Gasteiger partial charge in [0.2, 0.25) is 0 Å². The third-order valence-electron chi connectivity index (χ3n) is 2.19. The molecule has 1 rings (SSSR count). The number of halogens is 3. The maximum absolute atomic E-state index is 13.6. The minimum Gasteiger partial charge on any atom is -0.494 e. The van der Waals surface area contributed by atoms with Crippen LogP contribution in [0.15, 0.2) is 18.2 Å². The van der Waals surface area contributed by atoms with Gasteiger partial charge < -0.3 is 15.2 Å². The standard InChI is InChI=1S/C11H14F3NO2/c1-17-9-4-2-3-8(10(9)12)5-15-6-11(13,14)7-16/h2-4,15-16H,5-7H2,1H3. The summed E-state index contributed by atoms with van der Waals surface area (Å²) in [7, 11) is 1.33. The molecule has 1 aromatic carbocycles. The van der Waals surface area contributed by atoms with Crippen molar-refractivity contribution in [1.29, 1.82) is 0 Å². The molecule has 17 heavy (non-hydrogen) atoms. The van der Waals surface area contributed by atoms with Gasteiger partial charge in [-0.3, -0.25) is 0 Å². The second kappa shape index (κ2) is 5.88. The van der Waals surface area contributed by atoms with E-state index in [9.17, 15) is 13.2 Å². The van der Waals surface area contributed by atoms with Gasteiger partial charge in [0.15, 0.2) is 11.6 Å². The van der Waals surface area contributed by atoms with Gasteiger partial charge in [-0.15, -0.1) is 0 Å². The van der Waals surface area contributed by atoms with E-state index < -0.39 is 24.9 Å². The Kier molecular flexibility index (Phi) is 4.77. The summed E-state index contributed by atoms with van der Waals surface area (Å²) in [5.41, 5.74) is 0.234. The van der Waals surface area contributed by atoms with Crippen molar-refractivity contribution in [2.75, 3.05) is 20.3 Å². The average Bonchev–Trinajstić information content (AvgIpc) is 2.31. The van der Waals surface area contributed by atoms with Crippen LogP contribution in [-0.4, -0.2) is 31.3 Å². The van der Waals surface area contributed by atoms with Gasteiger partial charge in [0, 0.05) is 12.1 Å². The van der Waals surface area contributed by atoms with Crippen LogP contribution in [0.25, 0.3) is 0 Å². The highest BCUT2D eigenvalue weighted by Gasteiger charge is 2.26. The Balaban J connectivity index is 2.58. The smallest absolute Gasteiger partial charge is 0.282 e. The molecule has 0 bridgehead atoms. The minimum absolute atomic E-state index is 0.0569. The van der Waals surface area contributed by atoms with Crippen molar-refractivity contribution < 1.29 is 23.0 Å². The second-order valence-corrected chi connectivity index (χ2v) is 3.55. The Bertz CT molecular complexity index is 372. The summed E-state index contributed by atoms with van der Waals surface area (Å²) < 4.78 is 43.7. The van der Waals surface area contributed by atoms with E-state index in [1.807, 2.05) is 0 Å². The molecule has 3 nitrogen and oxygen atoms in total. The number of ether oxygens (including phenoxy) is 1. The molecule has 0 saturated carbocycles. The minimum atomic E-state index is -3.20. The molecule has 0 amide bonds. The van der Waals surface area contributed by atoms with Crippen molar-refractivity contribution >= 4 is 0 Å². The van der Waals surface area contributed by atoms with E-state index in [4.69, 9.17) is 9.84 Å². The SMILES string of the molecule is COc1cccc(CNCC(F)(F)CO)c1F. The number of aliphatic hydroxyl groups excluding tert-OH is 1. The van der Waals surface area contributed by atoms with E-state index in [1.165, 1.54) is 19.2 Å². The molecule has 0 spiro atoms. The summed E-state index contributed by atoms with van der Waals surface area (Å²) in [6.07, 6.45) is 0. The number of aliphatic hydroxyl groups is 1. The fourth-order valence-electron chi connectivity index (χ4n) is 1.29. The number of alkyl halides is 2. The normalized spacial score (nSPS) is 11.6. The van der Waals surface area contributed by atoms with Crippen LogP contribution < -0.4 is 10.1 Å². The number of hydrogen-bond donors (Lipinski definition) is 2. The van der Waals surface area contributed by atoms with Crippen molar-refractivity contribution in [3.8, 4) is 5.75 Å². The lowest BCUT2D eigenvalue weighted by Crippen LogP contribution is -2.35. The topological polar surface area (TPSA) is 41.5 Å². The van der Waals surface area contributed by atoms with Gasteiger partial charge in [0.05, 0.1) is 13.7 Å². The van der Waals surface area contributed by atoms with Crippen molar-refractivity contribution in [2.45, 2.75) is 12.5 Å². The Hall–Kier alpha value is -1.27. The molecular weight excluding hydrogens is 235 g/mol. The zero-order valence-electron chi connectivity index (χ0n) is 9.34. The fourth-order valence-corrected chi connectivity index (χ4v) is 1.29. The van der Waals surface area contributed by atoms with E-state index >= 15 is 0 Å². The van der Waals surface area contributed by atoms with Gasteiger partial charge in [-0.2, -0.15) is 0 Å². The van der Waals surface area contributed by atoms with Crippen molar-refractivity contribution in [3.63, 3.8) is 0 Å². The summed E-state index contributed by atoms with van der Waals surface area (Å²) in [5.74, 6) is -3.71. The van der Waals surface area contributed by atoms with Crippen LogP contribution in [-0.2, 0) is 6.54 Å². The lowest BCUT2D eigenvalue weighted by atomic mass is 10.2. The summed E-state index contributed by atoms with van der Waals surface area (Å²) >= 11 is 0. The molecule has 0 fully saturated rings. The average molecular weight is 249 g/mol. The summed E-state index contributed by atoms with van der Waals surface area (Å²) in [5, 5.41) is 10.7. The first-order chi connectivity index (χ1) is 8.00. The number of methoxy groups -OCH3 is 1. The van der Waals surface area contributed by atoms with Crippen LogP contribution in [0.5, 0.6) is 5.75 Å². The molecule has 0 aliphatic carbocycles. The zero-order chi connectivity index (χ0) is 12.9. The lowest BCUT2D eigenvalue weighted by molar-refractivity contribution is -0.0478. The summed E-state index contributed by atoms with van der Waals surface area (Å²) in [6, 6.07) is 4.49. The molecule has 0 aliphatic rings. The van der Waals surface area contributed by atoms with Crippen LogP contribution in [0, 0.1) is 5.82 Å². The molecule has 0 aromatic heterocycles. The van der Waals surface area contributed by atoms with Gasteiger partial charge >= 0.3 is 0 Å². The zero-order valence-corrected chi connectivity index (χ0v) is 9.34. The molecule has 2 N–H and O–H groups in total. The number of hydrogen-bond acceptors (Lipinski definition) is 3.